The first-order valence-corrected chi connectivity index (χ1v) is 11.2. The van der Waals surface area contributed by atoms with Crippen molar-refractivity contribution in [2.75, 3.05) is 31.1 Å². The molecule has 5 nitrogen and oxygen atoms in total. The highest BCUT2D eigenvalue weighted by Crippen LogP contribution is 2.60. The second kappa shape index (κ2) is 6.43. The number of anilines is 1. The summed E-state index contributed by atoms with van der Waals surface area (Å²) in [5.74, 6) is 4.85. The van der Waals surface area contributed by atoms with Gasteiger partial charge >= 0.3 is 0 Å². The monoisotopic (exact) mass is 382 g/mol. The van der Waals surface area contributed by atoms with Crippen LogP contribution in [-0.4, -0.2) is 47.0 Å². The molecular formula is C23H34N4O. The molecule has 5 heteroatoms. The van der Waals surface area contributed by atoms with Gasteiger partial charge in [-0.3, -0.25) is 4.79 Å². The van der Waals surface area contributed by atoms with Crippen LogP contribution in [0, 0.1) is 23.2 Å². The molecule has 28 heavy (non-hydrogen) atoms. The van der Waals surface area contributed by atoms with Gasteiger partial charge in [-0.1, -0.05) is 20.8 Å². The van der Waals surface area contributed by atoms with Crippen molar-refractivity contribution < 1.29 is 4.79 Å². The van der Waals surface area contributed by atoms with Crippen molar-refractivity contribution in [3.8, 4) is 0 Å². The van der Waals surface area contributed by atoms with Crippen LogP contribution in [0.1, 0.15) is 65.1 Å². The molecule has 6 rings (SSSR count). The molecule has 4 aliphatic carbocycles. The molecule has 1 aromatic heterocycles. The average Bonchev–Trinajstić information content (AvgIpc) is 2.66. The second-order valence-corrected chi connectivity index (χ2v) is 11.0. The fraction of sp³-hybridized carbons (Fsp3) is 0.783. The summed E-state index contributed by atoms with van der Waals surface area (Å²) in [6.45, 7) is 9.85. The molecule has 0 radical (unpaired) electrons. The fourth-order valence-corrected chi connectivity index (χ4v) is 6.73. The standard InChI is InChI=1S/C23H34N4O/c1-22(2,3)20-24-5-4-19(25-20)26-6-8-27(9-7-26)21(28)23-13-16-10-17(14-23)12-18(11-16)15-23/h4-5,16-18H,6-15H2,1-3H3. The predicted molar refractivity (Wildman–Crippen MR) is 110 cm³/mol. The lowest BCUT2D eigenvalue weighted by atomic mass is 9.49. The van der Waals surface area contributed by atoms with Gasteiger partial charge in [-0.2, -0.15) is 0 Å². The van der Waals surface area contributed by atoms with Crippen LogP contribution >= 0.6 is 0 Å². The third-order valence-corrected chi connectivity index (χ3v) is 7.69. The van der Waals surface area contributed by atoms with Crippen LogP contribution in [0.5, 0.6) is 0 Å². The van der Waals surface area contributed by atoms with Gasteiger partial charge in [-0.15, -0.1) is 0 Å². The van der Waals surface area contributed by atoms with Crippen molar-refractivity contribution in [2.24, 2.45) is 23.2 Å². The molecule has 0 N–H and O–H groups in total. The Morgan fingerprint density at radius 2 is 1.57 bits per heavy atom. The molecule has 0 atom stereocenters. The molecule has 0 unspecified atom stereocenters. The molecule has 0 aromatic carbocycles. The first-order chi connectivity index (χ1) is 13.3. The van der Waals surface area contributed by atoms with Crippen molar-refractivity contribution in [3.05, 3.63) is 18.1 Å². The summed E-state index contributed by atoms with van der Waals surface area (Å²) in [4.78, 5) is 27.3. The molecule has 1 amide bonds. The lowest BCUT2D eigenvalue weighted by Gasteiger charge is -2.57. The van der Waals surface area contributed by atoms with Gasteiger partial charge in [0.2, 0.25) is 5.91 Å². The summed E-state index contributed by atoms with van der Waals surface area (Å²) in [5, 5.41) is 0. The highest BCUT2D eigenvalue weighted by atomic mass is 16.2. The van der Waals surface area contributed by atoms with Crippen molar-refractivity contribution in [1.82, 2.24) is 14.9 Å². The average molecular weight is 383 g/mol. The van der Waals surface area contributed by atoms with Gasteiger partial charge in [0.15, 0.2) is 0 Å². The zero-order chi connectivity index (χ0) is 19.5. The van der Waals surface area contributed by atoms with E-state index in [-0.39, 0.29) is 10.8 Å². The minimum absolute atomic E-state index is 0.00869. The van der Waals surface area contributed by atoms with E-state index in [0.717, 1.165) is 55.6 Å². The Hall–Kier alpha value is -1.65. The maximum absolute atomic E-state index is 13.6. The molecule has 1 saturated heterocycles. The van der Waals surface area contributed by atoms with E-state index < -0.39 is 0 Å². The summed E-state index contributed by atoms with van der Waals surface area (Å²) in [6, 6.07) is 2.01. The quantitative estimate of drug-likeness (QED) is 0.784. The van der Waals surface area contributed by atoms with E-state index in [9.17, 15) is 4.79 Å². The molecule has 152 valence electrons. The minimum Gasteiger partial charge on any atom is -0.353 e. The Labute approximate surface area is 168 Å². The van der Waals surface area contributed by atoms with E-state index in [2.05, 4.69) is 35.6 Å². The Kier molecular flexibility index (Phi) is 4.22. The zero-order valence-corrected chi connectivity index (χ0v) is 17.7. The first kappa shape index (κ1) is 18.4. The van der Waals surface area contributed by atoms with Gasteiger partial charge in [0.1, 0.15) is 11.6 Å². The van der Waals surface area contributed by atoms with E-state index >= 15 is 0 Å². The van der Waals surface area contributed by atoms with Crippen LogP contribution in [0.4, 0.5) is 5.82 Å². The largest absolute Gasteiger partial charge is 0.353 e. The lowest BCUT2D eigenvalue weighted by Crippen LogP contribution is -2.58. The Morgan fingerprint density at radius 1 is 1.00 bits per heavy atom. The SMILES string of the molecule is CC(C)(C)c1nccc(N2CCN(C(=O)C34CC5CC(CC(C5)C3)C4)CC2)n1. The number of amides is 1. The summed E-state index contributed by atoms with van der Waals surface area (Å²) in [5.41, 5.74) is -0.0580. The number of aromatic nitrogens is 2. The lowest BCUT2D eigenvalue weighted by molar-refractivity contribution is -0.158. The van der Waals surface area contributed by atoms with Gasteiger partial charge < -0.3 is 9.80 Å². The van der Waals surface area contributed by atoms with Gasteiger partial charge in [0.25, 0.3) is 0 Å². The zero-order valence-electron chi connectivity index (χ0n) is 17.7. The Balaban J connectivity index is 1.26. The van der Waals surface area contributed by atoms with E-state index in [0.29, 0.717) is 5.91 Å². The summed E-state index contributed by atoms with van der Waals surface area (Å²) in [6.07, 6.45) is 9.55. The van der Waals surface area contributed by atoms with Crippen LogP contribution < -0.4 is 4.90 Å². The van der Waals surface area contributed by atoms with Crippen LogP contribution in [0.3, 0.4) is 0 Å². The molecule has 5 fully saturated rings. The van der Waals surface area contributed by atoms with Gasteiger partial charge in [0.05, 0.1) is 5.41 Å². The number of carbonyl (C=O) groups is 1. The molecule has 2 heterocycles. The maximum Gasteiger partial charge on any atom is 0.228 e. The maximum atomic E-state index is 13.6. The number of nitrogens with zero attached hydrogens (tertiary/aromatic N) is 4. The topological polar surface area (TPSA) is 49.3 Å². The molecular weight excluding hydrogens is 348 g/mol. The normalized spacial score (nSPS) is 34.8. The van der Waals surface area contributed by atoms with Crippen molar-refractivity contribution in [3.63, 3.8) is 0 Å². The smallest absolute Gasteiger partial charge is 0.228 e. The van der Waals surface area contributed by atoms with Crippen molar-refractivity contribution in [1.29, 1.82) is 0 Å². The molecule has 1 aromatic rings. The Morgan fingerprint density at radius 3 is 2.11 bits per heavy atom. The molecule has 4 saturated carbocycles. The summed E-state index contributed by atoms with van der Waals surface area (Å²) in [7, 11) is 0. The minimum atomic E-state index is -0.0493. The van der Waals surface area contributed by atoms with Crippen molar-refractivity contribution >= 4 is 11.7 Å². The Bertz CT molecular complexity index is 725. The fourth-order valence-electron chi connectivity index (χ4n) is 6.73. The molecule has 0 spiro atoms. The van der Waals surface area contributed by atoms with Crippen LogP contribution in [-0.2, 0) is 10.2 Å². The molecule has 5 aliphatic rings. The number of hydrogen-bond donors (Lipinski definition) is 0. The molecule has 1 aliphatic heterocycles. The van der Waals surface area contributed by atoms with E-state index in [1.807, 2.05) is 12.3 Å². The van der Waals surface area contributed by atoms with Crippen LogP contribution in [0.2, 0.25) is 0 Å². The van der Waals surface area contributed by atoms with Gasteiger partial charge in [-0.25, -0.2) is 9.97 Å². The summed E-state index contributed by atoms with van der Waals surface area (Å²) >= 11 is 0. The van der Waals surface area contributed by atoms with Gasteiger partial charge in [0, 0.05) is 37.8 Å². The number of rotatable bonds is 2. The van der Waals surface area contributed by atoms with Crippen LogP contribution in [0.25, 0.3) is 0 Å². The number of carbonyl (C=O) groups excluding carboxylic acids is 1. The van der Waals surface area contributed by atoms with Gasteiger partial charge in [-0.05, 0) is 62.3 Å². The highest BCUT2D eigenvalue weighted by molar-refractivity contribution is 5.83. The first-order valence-electron chi connectivity index (χ1n) is 11.2. The van der Waals surface area contributed by atoms with E-state index in [1.54, 1.807) is 0 Å². The van der Waals surface area contributed by atoms with E-state index in [1.165, 1.54) is 38.5 Å². The predicted octanol–water partition coefficient (Wildman–Crippen LogP) is 3.64. The van der Waals surface area contributed by atoms with Crippen LogP contribution in [0.15, 0.2) is 12.3 Å². The highest BCUT2D eigenvalue weighted by Gasteiger charge is 2.55. The summed E-state index contributed by atoms with van der Waals surface area (Å²) < 4.78 is 0. The third-order valence-electron chi connectivity index (χ3n) is 7.69. The molecule has 4 bridgehead atoms. The van der Waals surface area contributed by atoms with E-state index in [4.69, 9.17) is 4.98 Å². The van der Waals surface area contributed by atoms with Crippen molar-refractivity contribution in [2.45, 2.75) is 64.7 Å². The third kappa shape index (κ3) is 3.11. The number of piperazine rings is 1. The number of hydrogen-bond acceptors (Lipinski definition) is 4. The second-order valence-electron chi connectivity index (χ2n) is 11.0.